The molecule has 80 valence electrons. The van der Waals surface area contributed by atoms with Crippen molar-refractivity contribution in [2.75, 3.05) is 0 Å². The first-order valence-electron chi connectivity index (χ1n) is 4.61. The van der Waals surface area contributed by atoms with Gasteiger partial charge in [-0.3, -0.25) is 0 Å². The molecule has 0 bridgehead atoms. The van der Waals surface area contributed by atoms with Crippen molar-refractivity contribution >= 4 is 28.2 Å². The molecule has 0 unspecified atom stereocenters. The largest absolute Gasteiger partial charge is 0.313 e. The van der Waals surface area contributed by atoms with Crippen LogP contribution in [0.3, 0.4) is 0 Å². The summed E-state index contributed by atoms with van der Waals surface area (Å²) < 4.78 is 1.21. The molecule has 0 spiro atoms. The average molecular weight is 484 g/mol. The third kappa shape index (κ3) is 3.30. The van der Waals surface area contributed by atoms with E-state index in [2.05, 4.69) is 41.5 Å². The number of hydrogen-bond donors (Lipinski definition) is 0. The van der Waals surface area contributed by atoms with Crippen molar-refractivity contribution in [2.45, 2.75) is 53.2 Å². The van der Waals surface area contributed by atoms with Crippen molar-refractivity contribution < 1.29 is 0 Å². The van der Waals surface area contributed by atoms with Crippen LogP contribution in [0.1, 0.15) is 48.5 Å². The molecule has 0 heterocycles. The van der Waals surface area contributed by atoms with Gasteiger partial charge in [0.1, 0.15) is 0 Å². The fourth-order valence-electron chi connectivity index (χ4n) is 1.09. The van der Waals surface area contributed by atoms with E-state index in [9.17, 15) is 0 Å². The van der Waals surface area contributed by atoms with E-state index in [0.717, 1.165) is 4.20 Å². The molecule has 0 rings (SSSR count). The van der Waals surface area contributed by atoms with Gasteiger partial charge in [-0.2, -0.15) is 13.8 Å². The van der Waals surface area contributed by atoms with E-state index in [1.807, 2.05) is 6.92 Å². The summed E-state index contributed by atoms with van der Waals surface area (Å²) in [6, 6.07) is 0. The predicted octanol–water partition coefficient (Wildman–Crippen LogP) is 4.49. The third-order valence-electron chi connectivity index (χ3n) is 3.15. The Kier molecular flexibility index (Phi) is 5.44. The van der Waals surface area contributed by atoms with Crippen LogP contribution in [-0.2, 0) is 0 Å². The van der Waals surface area contributed by atoms with Gasteiger partial charge in [0.05, 0.1) is 0 Å². The monoisotopic (exact) mass is 484 g/mol. The smallest absolute Gasteiger partial charge is 0.0451 e. The Labute approximate surface area is 92.9 Å². The van der Waals surface area contributed by atoms with Crippen molar-refractivity contribution in [3.05, 3.63) is 5.92 Å². The van der Waals surface area contributed by atoms with Crippen LogP contribution in [0.5, 0.6) is 0 Å². The van der Waals surface area contributed by atoms with Crippen LogP contribution < -0.4 is 0 Å². The zero-order valence-corrected chi connectivity index (χ0v) is 18.6. The van der Waals surface area contributed by atoms with Gasteiger partial charge in [-0.1, -0.05) is 39.9 Å². The minimum Gasteiger partial charge on any atom is -0.313 e. The first-order chi connectivity index (χ1) is 5.61. The van der Waals surface area contributed by atoms with Crippen LogP contribution in [0.2, 0.25) is 0 Å². The maximum atomic E-state index is 5.15. The van der Waals surface area contributed by atoms with E-state index >= 15 is 0 Å². The van der Waals surface area contributed by atoms with E-state index in [1.165, 1.54) is 5.92 Å². The van der Waals surface area contributed by atoms with E-state index in [0.29, 0.717) is 0 Å². The van der Waals surface area contributed by atoms with Crippen LogP contribution in [-0.4, -0.2) is 8.94 Å². The molecule has 0 nitrogen and oxygen atoms in total. The molecule has 0 radical (unpaired) electrons. The Morgan fingerprint density at radius 1 is 1.14 bits per heavy atom. The molecule has 0 aromatic carbocycles. The van der Waals surface area contributed by atoms with Gasteiger partial charge in [-0.25, -0.2) is 0 Å². The van der Waals surface area contributed by atoms with Gasteiger partial charge in [0.25, 0.3) is 0 Å². The Hall–Kier alpha value is -0.560. The summed E-state index contributed by atoms with van der Waals surface area (Å²) in [5.41, 5.74) is 0.220. The molecular formula is C11H21RfS2-. The van der Waals surface area contributed by atoms with Gasteiger partial charge in [-0.05, 0) is 11.7 Å². The normalized spacial score (nSPS) is 12.6. The topological polar surface area (TPSA) is 0 Å². The van der Waals surface area contributed by atoms with Crippen molar-refractivity contribution in [3.63, 3.8) is 0 Å². The number of hydrogen-bond acceptors (Lipinski definition) is 2. The Morgan fingerprint density at radius 2 is 1.50 bits per heavy atom. The molecule has 0 saturated carbocycles. The molecule has 0 aliphatic carbocycles. The third-order valence-corrected chi connectivity index (χ3v) is 4.71. The van der Waals surface area contributed by atoms with Gasteiger partial charge >= 0.3 is 0 Å². The molecule has 14 heavy (non-hydrogen) atoms. The Morgan fingerprint density at radius 3 is 1.71 bits per heavy atom. The maximum absolute atomic E-state index is 5.15. The zero-order chi connectivity index (χ0) is 10.9. The van der Waals surface area contributed by atoms with Crippen molar-refractivity contribution in [2.24, 2.45) is 5.41 Å². The van der Waals surface area contributed by atoms with Crippen LogP contribution in [0.25, 0.3) is 0 Å². The van der Waals surface area contributed by atoms with Gasteiger partial charge < -0.3 is 5.92 Å². The Balaban J connectivity index is 0. The molecule has 0 atom stereocenters. The quantitative estimate of drug-likeness (QED) is 0.428. The summed E-state index contributed by atoms with van der Waals surface area (Å²) in [6.45, 7) is 15.5. The number of thioether (sulfide) groups is 1. The molecule has 0 aliphatic rings. The molecular weight excluding hydrogens is 463 g/mol. The van der Waals surface area contributed by atoms with Gasteiger partial charge in [0.15, 0.2) is 0 Å². The number of thiocarbonyl (C=S) groups is 1. The second-order valence-electron chi connectivity index (χ2n) is 4.73. The maximum Gasteiger partial charge on any atom is 0.0451 e. The fourth-order valence-corrected chi connectivity index (χ4v) is 2.89. The average Bonchev–Trinajstić information content (AvgIpc) is 1.83. The second kappa shape index (κ2) is 4.79. The first-order valence-corrected chi connectivity index (χ1v) is 5.84. The molecule has 0 aromatic heterocycles. The van der Waals surface area contributed by atoms with Gasteiger partial charge in [-0.15, -0.1) is 17.2 Å². The fraction of sp³-hybridized carbons (Fsp3) is 0.818. The molecule has 0 saturated heterocycles. The minimum absolute atomic E-state index is 0. The van der Waals surface area contributed by atoms with Crippen molar-refractivity contribution in [3.8, 4) is 0 Å². The van der Waals surface area contributed by atoms with E-state index in [-0.39, 0.29) is 10.2 Å². The van der Waals surface area contributed by atoms with Gasteiger partial charge in [0.2, 0.25) is 0 Å². The predicted molar refractivity (Wildman–Crippen MR) is 68.3 cm³/mol. The summed E-state index contributed by atoms with van der Waals surface area (Å²) in [5.74, 6) is 1.46. The van der Waals surface area contributed by atoms with Gasteiger partial charge in [0, 0.05) is 4.20 Å². The first kappa shape index (κ1) is 15.9. The summed E-state index contributed by atoms with van der Waals surface area (Å²) in [6.07, 6.45) is 0. The second-order valence-corrected chi connectivity index (χ2v) is 7.44. The van der Waals surface area contributed by atoms with E-state index in [4.69, 9.17) is 12.2 Å². The van der Waals surface area contributed by atoms with E-state index in [1.54, 1.807) is 11.8 Å². The molecule has 0 aliphatic heterocycles. The van der Waals surface area contributed by atoms with Crippen LogP contribution in [0.4, 0.5) is 0 Å². The van der Waals surface area contributed by atoms with E-state index < -0.39 is 0 Å². The number of rotatable bonds is 3. The zero-order valence-electron chi connectivity index (χ0n) is 10.5. The summed E-state index contributed by atoms with van der Waals surface area (Å²) in [4.78, 5) is 0. The van der Waals surface area contributed by atoms with Crippen molar-refractivity contribution in [1.82, 2.24) is 0 Å². The summed E-state index contributed by atoms with van der Waals surface area (Å²) in [7, 11) is 0. The molecule has 0 aromatic rings. The molecule has 0 fully saturated rings. The summed E-state index contributed by atoms with van der Waals surface area (Å²) >= 11 is 6.96. The summed E-state index contributed by atoms with van der Waals surface area (Å²) in [5, 5.41) is 0. The SMILES string of the molecule is CC(=S)SC(C)(C)C(C)(C)[C-](C)C.[Rf]. The minimum atomic E-state index is 0. The van der Waals surface area contributed by atoms with Crippen LogP contribution >= 0.6 is 24.0 Å². The van der Waals surface area contributed by atoms with Crippen LogP contribution in [0.15, 0.2) is 0 Å². The molecule has 0 N–H and O–H groups in total. The van der Waals surface area contributed by atoms with Crippen LogP contribution in [0, 0.1) is 11.3 Å². The standard InChI is InChI=1S/C11H21S2.Rf/c1-8(2)10(4,5)11(6,7)13-9(3)12;/h1-7H3;/q-1;. The Bertz CT molecular complexity index is 195. The molecule has 3 heteroatoms. The van der Waals surface area contributed by atoms with Crippen molar-refractivity contribution in [1.29, 1.82) is 0 Å². The molecule has 0 amide bonds.